The average Bonchev–Trinajstić information content (AvgIpc) is 2.67. The molecule has 10 N–H and O–H groups in total. The summed E-state index contributed by atoms with van der Waals surface area (Å²) in [6, 6.07) is 0. The Kier molecular flexibility index (Phi) is 62.1. The monoisotopic (exact) mass is 394 g/mol. The molecule has 10 nitrogen and oxygen atoms in total. The van der Waals surface area contributed by atoms with Crippen molar-refractivity contribution in [1.29, 1.82) is 0 Å². The van der Waals surface area contributed by atoms with Gasteiger partial charge >= 0.3 is 0 Å². The van der Waals surface area contributed by atoms with Crippen LogP contribution in [0.5, 0.6) is 0 Å². The normalized spacial score (nSPS) is 10.0. The molecule has 0 aliphatic heterocycles. The van der Waals surface area contributed by atoms with E-state index in [1.54, 1.807) is 6.92 Å². The van der Waals surface area contributed by atoms with Crippen LogP contribution in [0.15, 0.2) is 0 Å². The van der Waals surface area contributed by atoms with Crippen molar-refractivity contribution < 1.29 is 51.1 Å². The van der Waals surface area contributed by atoms with Gasteiger partial charge in [-0.15, -0.1) is 0 Å². The van der Waals surface area contributed by atoms with Crippen molar-refractivity contribution in [3.8, 4) is 0 Å². The summed E-state index contributed by atoms with van der Waals surface area (Å²) in [6.07, 6.45) is 1.38. The summed E-state index contributed by atoms with van der Waals surface area (Å²) in [4.78, 5) is 0. The van der Waals surface area contributed by atoms with E-state index in [1.807, 2.05) is 0 Å². The Hall–Kier alpha value is -0.400. The first kappa shape index (κ1) is 36.5. The molecule has 0 heterocycles. The third kappa shape index (κ3) is 89.6. The van der Waals surface area contributed by atoms with E-state index in [1.165, 1.54) is 6.92 Å². The molecule has 166 valence electrons. The van der Waals surface area contributed by atoms with E-state index in [-0.39, 0.29) is 65.4 Å². The van der Waals surface area contributed by atoms with Crippen molar-refractivity contribution in [2.45, 2.75) is 39.2 Å². The van der Waals surface area contributed by atoms with E-state index in [4.69, 9.17) is 51.1 Å². The first-order valence-corrected chi connectivity index (χ1v) is 8.48. The second-order valence-electron chi connectivity index (χ2n) is 4.90. The summed E-state index contributed by atoms with van der Waals surface area (Å²) in [7, 11) is 0. The SMILES string of the molecule is CC(CO)CO.CC(O)CO.OCCCCO.OCCCO.OCCO. The standard InChI is InChI=1S/2C4H10O2.2C3H8O2.C2H6O2/c1-4(2-5)3-6;5-3-1-2-4-6;1-3(5)2-4;4-2-1-3-5;3-1-2-4/h4-6H,2-3H2,1H3;5-6H,1-4H2;3-5H,2H2,1H3;4-5H,1-3H2;3-4H,1-2H2. The zero-order valence-electron chi connectivity index (χ0n) is 16.1. The van der Waals surface area contributed by atoms with Gasteiger partial charge in [0.15, 0.2) is 0 Å². The Morgan fingerprint density at radius 2 is 0.731 bits per heavy atom. The second kappa shape index (κ2) is 44.2. The molecule has 0 bridgehead atoms. The van der Waals surface area contributed by atoms with Crippen molar-refractivity contribution in [3.05, 3.63) is 0 Å². The van der Waals surface area contributed by atoms with Crippen LogP contribution in [-0.2, 0) is 0 Å². The Morgan fingerprint density at radius 1 is 0.462 bits per heavy atom. The van der Waals surface area contributed by atoms with Gasteiger partial charge in [0.1, 0.15) is 0 Å². The minimum absolute atomic E-state index is 0.0463. The van der Waals surface area contributed by atoms with Crippen LogP contribution in [0.25, 0.3) is 0 Å². The third-order valence-corrected chi connectivity index (χ3v) is 1.87. The molecule has 26 heavy (non-hydrogen) atoms. The van der Waals surface area contributed by atoms with Gasteiger partial charge in [-0.3, -0.25) is 0 Å². The maximum atomic E-state index is 8.17. The van der Waals surface area contributed by atoms with Gasteiger partial charge in [0.2, 0.25) is 0 Å². The van der Waals surface area contributed by atoms with Gasteiger partial charge in [0.25, 0.3) is 0 Å². The molecule has 0 aliphatic carbocycles. The molecule has 0 amide bonds. The lowest BCUT2D eigenvalue weighted by molar-refractivity contribution is 0.110. The molecular formula is C16H42O10. The predicted octanol–water partition coefficient (Wildman–Crippen LogP) is -2.95. The maximum Gasteiger partial charge on any atom is 0.0742 e. The van der Waals surface area contributed by atoms with E-state index in [9.17, 15) is 0 Å². The molecule has 0 fully saturated rings. The largest absolute Gasteiger partial charge is 0.396 e. The second-order valence-corrected chi connectivity index (χ2v) is 4.90. The Balaban J connectivity index is -0.0000000712. The van der Waals surface area contributed by atoms with E-state index >= 15 is 0 Å². The van der Waals surface area contributed by atoms with Crippen molar-refractivity contribution in [2.75, 3.05) is 59.5 Å². The van der Waals surface area contributed by atoms with Crippen molar-refractivity contribution in [3.63, 3.8) is 0 Å². The molecule has 0 aliphatic rings. The van der Waals surface area contributed by atoms with Crippen LogP contribution >= 0.6 is 0 Å². The first-order chi connectivity index (χ1) is 12.3. The smallest absolute Gasteiger partial charge is 0.0742 e. The average molecular weight is 395 g/mol. The van der Waals surface area contributed by atoms with Gasteiger partial charge in [0.05, 0.1) is 25.9 Å². The highest BCUT2D eigenvalue weighted by Gasteiger charge is 1.91. The van der Waals surface area contributed by atoms with E-state index in [0.29, 0.717) is 6.42 Å². The van der Waals surface area contributed by atoms with Crippen LogP contribution in [0, 0.1) is 5.92 Å². The maximum absolute atomic E-state index is 8.17. The fourth-order valence-electron chi connectivity index (χ4n) is 0.352. The fraction of sp³-hybridized carbons (Fsp3) is 1.00. The third-order valence-electron chi connectivity index (χ3n) is 1.87. The highest BCUT2D eigenvalue weighted by Crippen LogP contribution is 1.85. The number of aliphatic hydroxyl groups is 10. The molecule has 0 saturated heterocycles. The van der Waals surface area contributed by atoms with E-state index in [2.05, 4.69) is 0 Å². The summed E-state index contributed by atoms with van der Waals surface area (Å²) in [5, 5.41) is 79.6. The van der Waals surface area contributed by atoms with Crippen LogP contribution < -0.4 is 0 Å². The van der Waals surface area contributed by atoms with Gasteiger partial charge in [-0.2, -0.15) is 0 Å². The lowest BCUT2D eigenvalue weighted by Crippen LogP contribution is -2.04. The molecule has 0 rings (SSSR count). The molecule has 0 saturated carbocycles. The quantitative estimate of drug-likeness (QED) is 0.180. The van der Waals surface area contributed by atoms with Crippen LogP contribution in [-0.4, -0.2) is 117 Å². The molecule has 0 spiro atoms. The topological polar surface area (TPSA) is 202 Å². The highest BCUT2D eigenvalue weighted by molar-refractivity contribution is 4.41. The molecule has 0 aromatic heterocycles. The molecule has 1 unspecified atom stereocenters. The lowest BCUT2D eigenvalue weighted by atomic mass is 10.2. The summed E-state index contributed by atoms with van der Waals surface area (Å²) < 4.78 is 0. The number of aliphatic hydroxyl groups excluding tert-OH is 10. The van der Waals surface area contributed by atoms with Gasteiger partial charge in [-0.05, 0) is 26.2 Å². The van der Waals surface area contributed by atoms with Gasteiger partial charge in [-0.25, -0.2) is 0 Å². The number of rotatable bonds is 9. The minimum Gasteiger partial charge on any atom is -0.396 e. The Bertz CT molecular complexity index is 161. The number of unbranched alkanes of at least 4 members (excludes halogenated alkanes) is 1. The van der Waals surface area contributed by atoms with Gasteiger partial charge in [0, 0.05) is 45.6 Å². The van der Waals surface area contributed by atoms with Crippen molar-refractivity contribution >= 4 is 0 Å². The number of hydrogen-bond acceptors (Lipinski definition) is 10. The molecule has 1 atom stereocenters. The molecular weight excluding hydrogens is 352 g/mol. The molecule has 0 aromatic carbocycles. The Labute approximate surface area is 156 Å². The summed E-state index contributed by atoms with van der Waals surface area (Å²) in [5.74, 6) is 0.0463. The van der Waals surface area contributed by atoms with Crippen molar-refractivity contribution in [1.82, 2.24) is 0 Å². The van der Waals surface area contributed by atoms with Crippen LogP contribution in [0.2, 0.25) is 0 Å². The van der Waals surface area contributed by atoms with E-state index in [0.717, 1.165) is 12.8 Å². The van der Waals surface area contributed by atoms with Gasteiger partial charge < -0.3 is 51.1 Å². The van der Waals surface area contributed by atoms with Crippen LogP contribution in [0.1, 0.15) is 33.1 Å². The first-order valence-electron chi connectivity index (χ1n) is 8.48. The van der Waals surface area contributed by atoms with Gasteiger partial charge in [-0.1, -0.05) is 6.92 Å². The Morgan fingerprint density at radius 3 is 0.769 bits per heavy atom. The number of hydrogen-bond donors (Lipinski definition) is 10. The zero-order chi connectivity index (χ0) is 21.6. The van der Waals surface area contributed by atoms with Crippen LogP contribution in [0.3, 0.4) is 0 Å². The molecule has 0 radical (unpaired) electrons. The summed E-state index contributed by atoms with van der Waals surface area (Å²) in [6.45, 7) is 3.65. The fourth-order valence-corrected chi connectivity index (χ4v) is 0.352. The summed E-state index contributed by atoms with van der Waals surface area (Å²) >= 11 is 0. The minimum atomic E-state index is -0.560. The summed E-state index contributed by atoms with van der Waals surface area (Å²) in [5.41, 5.74) is 0. The van der Waals surface area contributed by atoms with E-state index < -0.39 is 6.10 Å². The molecule has 0 aromatic rings. The lowest BCUT2D eigenvalue weighted by Gasteiger charge is -1.97. The zero-order valence-corrected chi connectivity index (χ0v) is 16.1. The highest BCUT2D eigenvalue weighted by atomic mass is 16.3. The predicted molar refractivity (Wildman–Crippen MR) is 98.5 cm³/mol. The molecule has 10 heteroatoms. The van der Waals surface area contributed by atoms with Crippen LogP contribution in [0.4, 0.5) is 0 Å². The van der Waals surface area contributed by atoms with Crippen molar-refractivity contribution in [2.24, 2.45) is 5.92 Å².